The fraction of sp³-hybridized carbons (Fsp3) is 0.353. The molecule has 6 nitrogen and oxygen atoms in total. The van der Waals surface area contributed by atoms with E-state index >= 15 is 0 Å². The summed E-state index contributed by atoms with van der Waals surface area (Å²) in [5.74, 6) is -4.87. The van der Waals surface area contributed by atoms with Crippen molar-refractivity contribution in [2.45, 2.75) is 18.6 Å². The van der Waals surface area contributed by atoms with E-state index < -0.39 is 41.3 Å². The molecule has 1 aliphatic carbocycles. The largest absolute Gasteiger partial charge is 0.466 e. The highest BCUT2D eigenvalue weighted by Crippen LogP contribution is 2.48. The number of aliphatic hydroxyl groups is 1. The molecular formula is C17H15ClO6. The lowest BCUT2D eigenvalue weighted by Gasteiger charge is -2.47. The van der Waals surface area contributed by atoms with Crippen molar-refractivity contribution in [1.29, 1.82) is 0 Å². The summed E-state index contributed by atoms with van der Waals surface area (Å²) in [6.45, 7) is 1.72. The summed E-state index contributed by atoms with van der Waals surface area (Å²) >= 11 is 6.03. The number of benzene rings is 1. The van der Waals surface area contributed by atoms with Crippen LogP contribution in [0.5, 0.6) is 0 Å². The molecule has 2 bridgehead atoms. The van der Waals surface area contributed by atoms with Crippen molar-refractivity contribution in [3.05, 3.63) is 47.0 Å². The minimum absolute atomic E-state index is 0.0954. The van der Waals surface area contributed by atoms with Crippen molar-refractivity contribution in [1.82, 2.24) is 0 Å². The van der Waals surface area contributed by atoms with Crippen molar-refractivity contribution in [2.24, 2.45) is 11.8 Å². The Morgan fingerprint density at radius 3 is 2.58 bits per heavy atom. The van der Waals surface area contributed by atoms with Crippen LogP contribution in [0.1, 0.15) is 17.3 Å². The third kappa shape index (κ3) is 2.34. The molecule has 4 unspecified atom stereocenters. The van der Waals surface area contributed by atoms with Crippen molar-refractivity contribution in [3.8, 4) is 0 Å². The van der Waals surface area contributed by atoms with Gasteiger partial charge >= 0.3 is 11.9 Å². The average Bonchev–Trinajstić information content (AvgIpc) is 2.56. The lowest BCUT2D eigenvalue weighted by atomic mass is 9.66. The number of ketones is 1. The zero-order valence-corrected chi connectivity index (χ0v) is 13.5. The molecule has 0 amide bonds. The lowest BCUT2D eigenvalue weighted by Crippen LogP contribution is -2.65. The number of hydrogen-bond acceptors (Lipinski definition) is 6. The predicted octanol–water partition coefficient (Wildman–Crippen LogP) is 1.46. The Morgan fingerprint density at radius 2 is 2.00 bits per heavy atom. The summed E-state index contributed by atoms with van der Waals surface area (Å²) in [6, 6.07) is 8.10. The van der Waals surface area contributed by atoms with E-state index in [-0.39, 0.29) is 17.2 Å². The van der Waals surface area contributed by atoms with Gasteiger partial charge in [-0.25, -0.2) is 4.79 Å². The van der Waals surface area contributed by atoms with Gasteiger partial charge < -0.3 is 14.6 Å². The molecule has 126 valence electrons. The summed E-state index contributed by atoms with van der Waals surface area (Å²) in [5, 5.41) is 10.6. The minimum atomic E-state index is -2.39. The van der Waals surface area contributed by atoms with E-state index in [0.29, 0.717) is 0 Å². The zero-order valence-electron chi connectivity index (χ0n) is 12.8. The van der Waals surface area contributed by atoms with Crippen LogP contribution in [-0.4, -0.2) is 41.1 Å². The molecule has 1 aromatic rings. The predicted molar refractivity (Wildman–Crippen MR) is 83.2 cm³/mol. The van der Waals surface area contributed by atoms with E-state index in [4.69, 9.17) is 21.1 Å². The van der Waals surface area contributed by atoms with E-state index in [9.17, 15) is 19.5 Å². The van der Waals surface area contributed by atoms with Gasteiger partial charge in [-0.3, -0.25) is 9.59 Å². The van der Waals surface area contributed by atoms with Crippen LogP contribution in [0.3, 0.4) is 0 Å². The van der Waals surface area contributed by atoms with Gasteiger partial charge in [0.15, 0.2) is 5.78 Å². The second-order valence-electron chi connectivity index (χ2n) is 5.64. The highest BCUT2D eigenvalue weighted by molar-refractivity contribution is 6.34. The first-order valence-electron chi connectivity index (χ1n) is 7.48. The Morgan fingerprint density at radius 1 is 1.33 bits per heavy atom. The van der Waals surface area contributed by atoms with Gasteiger partial charge in [0.2, 0.25) is 5.60 Å². The van der Waals surface area contributed by atoms with Gasteiger partial charge in [0.1, 0.15) is 12.0 Å². The van der Waals surface area contributed by atoms with Crippen molar-refractivity contribution < 1.29 is 29.0 Å². The zero-order chi connectivity index (χ0) is 17.5. The van der Waals surface area contributed by atoms with E-state index in [2.05, 4.69) is 0 Å². The SMILES string of the molecule is CCOC(=O)C1C2C=C(Cl)C(O)(C(=O)O2)C1C(=O)c1ccccc1. The number of esters is 2. The van der Waals surface area contributed by atoms with E-state index in [1.54, 1.807) is 37.3 Å². The monoisotopic (exact) mass is 350 g/mol. The summed E-state index contributed by atoms with van der Waals surface area (Å²) in [5.41, 5.74) is -2.13. The number of halogens is 1. The Kier molecular flexibility index (Phi) is 4.19. The standard InChI is InChI=1S/C17H15ClO6/c1-2-23-15(20)12-10-8-11(18)17(22,16(21)24-10)13(12)14(19)9-6-4-3-5-7-9/h3-8,10,12-13,22H,2H2,1H3. The lowest BCUT2D eigenvalue weighted by molar-refractivity contribution is -0.197. The van der Waals surface area contributed by atoms with Crippen LogP contribution in [0.4, 0.5) is 0 Å². The third-order valence-corrected chi connectivity index (χ3v) is 4.71. The second kappa shape index (κ2) is 6.03. The number of ether oxygens (including phenoxy) is 2. The van der Waals surface area contributed by atoms with Crippen molar-refractivity contribution in [3.63, 3.8) is 0 Å². The summed E-state index contributed by atoms with van der Waals surface area (Å²) in [7, 11) is 0. The van der Waals surface area contributed by atoms with Gasteiger partial charge in [-0.2, -0.15) is 0 Å². The molecule has 1 saturated heterocycles. The van der Waals surface area contributed by atoms with Crippen LogP contribution < -0.4 is 0 Å². The number of carbonyl (C=O) groups is 3. The molecule has 2 aliphatic heterocycles. The van der Waals surface area contributed by atoms with E-state index in [1.165, 1.54) is 6.08 Å². The fourth-order valence-electron chi connectivity index (χ4n) is 3.16. The molecule has 2 heterocycles. The highest BCUT2D eigenvalue weighted by atomic mass is 35.5. The first-order chi connectivity index (χ1) is 11.4. The van der Waals surface area contributed by atoms with Crippen molar-refractivity contribution >= 4 is 29.3 Å². The number of fused-ring (bicyclic) bond motifs is 2. The molecule has 4 rings (SSSR count). The average molecular weight is 351 g/mol. The van der Waals surface area contributed by atoms with Gasteiger partial charge in [-0.05, 0) is 13.0 Å². The topological polar surface area (TPSA) is 89.9 Å². The fourth-order valence-corrected chi connectivity index (χ4v) is 3.48. The van der Waals surface area contributed by atoms with Crippen LogP contribution in [0.2, 0.25) is 0 Å². The second-order valence-corrected chi connectivity index (χ2v) is 6.04. The molecule has 1 fully saturated rings. The van der Waals surface area contributed by atoms with Gasteiger partial charge in [-0.15, -0.1) is 0 Å². The van der Waals surface area contributed by atoms with E-state index in [1.807, 2.05) is 0 Å². The smallest absolute Gasteiger partial charge is 0.345 e. The minimum Gasteiger partial charge on any atom is -0.466 e. The molecule has 4 atom stereocenters. The molecule has 7 heteroatoms. The first-order valence-corrected chi connectivity index (χ1v) is 7.86. The molecule has 1 aromatic carbocycles. The number of rotatable bonds is 4. The Hall–Kier alpha value is -2.18. The summed E-state index contributed by atoms with van der Waals surface area (Å²) < 4.78 is 10.1. The summed E-state index contributed by atoms with van der Waals surface area (Å²) in [6.07, 6.45) is 0.231. The number of Topliss-reactive ketones (excluding diaryl/α,β-unsaturated/α-hetero) is 1. The molecular weight excluding hydrogens is 336 g/mol. The first kappa shape index (κ1) is 16.7. The van der Waals surface area contributed by atoms with Gasteiger partial charge in [0, 0.05) is 5.56 Å². The molecule has 3 aliphatic rings. The number of carbonyl (C=O) groups excluding carboxylic acids is 3. The Labute approximate surface area is 143 Å². The highest BCUT2D eigenvalue weighted by Gasteiger charge is 2.66. The van der Waals surface area contributed by atoms with Gasteiger partial charge in [0.05, 0.1) is 17.6 Å². The van der Waals surface area contributed by atoms with Gasteiger partial charge in [0.25, 0.3) is 0 Å². The molecule has 24 heavy (non-hydrogen) atoms. The Balaban J connectivity index is 2.11. The maximum Gasteiger partial charge on any atom is 0.345 e. The van der Waals surface area contributed by atoms with Gasteiger partial charge in [-0.1, -0.05) is 41.9 Å². The molecule has 0 radical (unpaired) electrons. The molecule has 0 aromatic heterocycles. The Bertz CT molecular complexity index is 728. The normalized spacial score (nSPS) is 31.2. The van der Waals surface area contributed by atoms with Crippen molar-refractivity contribution in [2.75, 3.05) is 6.61 Å². The maximum atomic E-state index is 12.9. The van der Waals surface area contributed by atoms with Crippen LogP contribution in [-0.2, 0) is 19.1 Å². The van der Waals surface area contributed by atoms with E-state index in [0.717, 1.165) is 0 Å². The van der Waals surface area contributed by atoms with Crippen LogP contribution in [0, 0.1) is 11.8 Å². The quantitative estimate of drug-likeness (QED) is 0.653. The maximum absolute atomic E-state index is 12.9. The third-order valence-electron chi connectivity index (χ3n) is 4.29. The van der Waals surface area contributed by atoms with Crippen LogP contribution >= 0.6 is 11.6 Å². The van der Waals surface area contributed by atoms with Crippen LogP contribution in [0.25, 0.3) is 0 Å². The van der Waals surface area contributed by atoms with Crippen LogP contribution in [0.15, 0.2) is 41.4 Å². The molecule has 1 N–H and O–H groups in total. The molecule has 0 saturated carbocycles. The number of hydrogen-bond donors (Lipinski definition) is 1. The molecule has 0 spiro atoms. The summed E-state index contributed by atoms with van der Waals surface area (Å²) in [4.78, 5) is 37.4.